The number of aliphatic imine (C=N–C) groups is 1. The topological polar surface area (TPSA) is 41.0 Å². The highest BCUT2D eigenvalue weighted by molar-refractivity contribution is 6.29. The normalized spacial score (nSPS) is 22.5. The fraction of sp³-hybridized carbons (Fsp3) is 0.120. The average Bonchev–Trinajstić information content (AvgIpc) is 3.07. The van der Waals surface area contributed by atoms with Gasteiger partial charge in [-0.25, -0.2) is 0 Å². The van der Waals surface area contributed by atoms with Crippen LogP contribution in [0.3, 0.4) is 0 Å². The van der Waals surface area contributed by atoms with Crippen molar-refractivity contribution >= 4 is 22.2 Å². The minimum Gasteiger partial charge on any atom is -0.354 e. The third-order valence-electron chi connectivity index (χ3n) is 5.94. The van der Waals surface area contributed by atoms with Gasteiger partial charge >= 0.3 is 0 Å². The smallest absolute Gasteiger partial charge is 0.0613 e. The number of benzene rings is 1. The number of aromatic nitrogens is 2. The molecule has 1 aliphatic heterocycles. The predicted molar refractivity (Wildman–Crippen MR) is 114 cm³/mol. The number of hydrogen-bond acceptors (Lipinski definition) is 2. The molecule has 3 aromatic rings. The quantitative estimate of drug-likeness (QED) is 0.595. The Morgan fingerprint density at radius 2 is 1.93 bits per heavy atom. The third-order valence-corrected chi connectivity index (χ3v) is 5.94. The number of rotatable bonds is 1. The van der Waals surface area contributed by atoms with Crippen molar-refractivity contribution in [1.29, 1.82) is 0 Å². The van der Waals surface area contributed by atoms with Crippen molar-refractivity contribution in [3.63, 3.8) is 0 Å². The standard InChI is InChI=1S/C25H19N3/c1-2-7-16(8-3-1)17-10-6-11-19-24(17)27-21-12-5-4-9-18(21)23-20-15-26-14-13-22(20)28-25(19)23/h1-8,10-15,17-18,28H,9H2. The molecule has 1 N–H and O–H groups in total. The van der Waals surface area contributed by atoms with Gasteiger partial charge in [-0.1, -0.05) is 60.7 Å². The maximum Gasteiger partial charge on any atom is 0.0613 e. The zero-order valence-electron chi connectivity index (χ0n) is 15.3. The van der Waals surface area contributed by atoms with Gasteiger partial charge in [-0.2, -0.15) is 0 Å². The van der Waals surface area contributed by atoms with Gasteiger partial charge in [-0.05, 0) is 29.7 Å². The van der Waals surface area contributed by atoms with Crippen molar-refractivity contribution in [2.24, 2.45) is 4.99 Å². The number of nitrogens with zero attached hydrogens (tertiary/aromatic N) is 2. The van der Waals surface area contributed by atoms with Crippen LogP contribution in [-0.4, -0.2) is 15.7 Å². The van der Waals surface area contributed by atoms with E-state index in [-0.39, 0.29) is 11.8 Å². The summed E-state index contributed by atoms with van der Waals surface area (Å²) < 4.78 is 0. The van der Waals surface area contributed by atoms with Crippen molar-refractivity contribution in [1.82, 2.24) is 9.97 Å². The molecule has 1 aromatic carbocycles. The van der Waals surface area contributed by atoms with E-state index in [1.165, 1.54) is 27.8 Å². The van der Waals surface area contributed by atoms with E-state index < -0.39 is 0 Å². The molecule has 3 heterocycles. The Hall–Kier alpha value is -3.46. The first kappa shape index (κ1) is 15.6. The lowest BCUT2D eigenvalue weighted by molar-refractivity contribution is 0.793. The SMILES string of the molecule is C1=CCC2C(=C1)N=C1C(=CC=CC1c1ccccc1)c1[nH]c3ccncc3c12. The molecule has 28 heavy (non-hydrogen) atoms. The van der Waals surface area contributed by atoms with Gasteiger partial charge in [0.15, 0.2) is 0 Å². The van der Waals surface area contributed by atoms with Crippen molar-refractivity contribution in [3.05, 3.63) is 108 Å². The molecule has 134 valence electrons. The van der Waals surface area contributed by atoms with Gasteiger partial charge in [0.05, 0.1) is 11.4 Å². The second-order valence-corrected chi connectivity index (χ2v) is 7.49. The molecule has 0 radical (unpaired) electrons. The lowest BCUT2D eigenvalue weighted by atomic mass is 9.83. The van der Waals surface area contributed by atoms with Crippen LogP contribution in [0.2, 0.25) is 0 Å². The molecular formula is C25H19N3. The summed E-state index contributed by atoms with van der Waals surface area (Å²) in [6, 6.07) is 12.7. The summed E-state index contributed by atoms with van der Waals surface area (Å²) in [5, 5.41) is 1.20. The summed E-state index contributed by atoms with van der Waals surface area (Å²) in [5.41, 5.74) is 8.38. The summed E-state index contributed by atoms with van der Waals surface area (Å²) in [6.07, 6.45) is 18.0. The third kappa shape index (κ3) is 2.23. The Morgan fingerprint density at radius 3 is 2.86 bits per heavy atom. The van der Waals surface area contributed by atoms with Crippen molar-refractivity contribution in [2.75, 3.05) is 0 Å². The van der Waals surface area contributed by atoms with Gasteiger partial charge in [0.1, 0.15) is 0 Å². The van der Waals surface area contributed by atoms with Gasteiger partial charge in [0.25, 0.3) is 0 Å². The Bertz CT molecular complexity index is 1240. The Morgan fingerprint density at radius 1 is 1.00 bits per heavy atom. The summed E-state index contributed by atoms with van der Waals surface area (Å²) in [4.78, 5) is 13.3. The molecule has 2 atom stereocenters. The highest BCUT2D eigenvalue weighted by Crippen LogP contribution is 2.46. The minimum atomic E-state index is 0.157. The van der Waals surface area contributed by atoms with Gasteiger partial charge in [-0.15, -0.1) is 0 Å². The van der Waals surface area contributed by atoms with E-state index in [9.17, 15) is 0 Å². The lowest BCUT2D eigenvalue weighted by Gasteiger charge is -2.21. The Balaban J connectivity index is 1.64. The fourth-order valence-corrected chi connectivity index (χ4v) is 4.64. The zero-order valence-corrected chi connectivity index (χ0v) is 15.3. The molecule has 2 aliphatic carbocycles. The zero-order chi connectivity index (χ0) is 18.5. The molecule has 0 saturated heterocycles. The lowest BCUT2D eigenvalue weighted by Crippen LogP contribution is -2.15. The summed E-state index contributed by atoms with van der Waals surface area (Å²) in [7, 11) is 0. The molecule has 0 fully saturated rings. The van der Waals surface area contributed by atoms with E-state index in [1.54, 1.807) is 0 Å². The fourth-order valence-electron chi connectivity index (χ4n) is 4.64. The molecule has 0 spiro atoms. The first-order chi connectivity index (χ1) is 13.9. The molecule has 3 aliphatic rings. The van der Waals surface area contributed by atoms with Crippen LogP contribution in [0.4, 0.5) is 0 Å². The van der Waals surface area contributed by atoms with Crippen LogP contribution in [0, 0.1) is 0 Å². The second-order valence-electron chi connectivity index (χ2n) is 7.49. The molecule has 2 aromatic heterocycles. The summed E-state index contributed by atoms with van der Waals surface area (Å²) >= 11 is 0. The molecular weight excluding hydrogens is 342 g/mol. The van der Waals surface area contributed by atoms with E-state index in [1.807, 2.05) is 12.4 Å². The molecule has 0 bridgehead atoms. The minimum absolute atomic E-state index is 0.157. The van der Waals surface area contributed by atoms with Crippen LogP contribution in [0.15, 0.2) is 95.9 Å². The number of hydrogen-bond donors (Lipinski definition) is 1. The second kappa shape index (κ2) is 6.03. The van der Waals surface area contributed by atoms with Crippen LogP contribution in [-0.2, 0) is 0 Å². The van der Waals surface area contributed by atoms with E-state index >= 15 is 0 Å². The van der Waals surface area contributed by atoms with Gasteiger partial charge in [-0.3, -0.25) is 9.98 Å². The van der Waals surface area contributed by atoms with Crippen LogP contribution in [0.25, 0.3) is 16.5 Å². The van der Waals surface area contributed by atoms with Gasteiger partial charge < -0.3 is 4.98 Å². The number of allylic oxidation sites excluding steroid dienone is 8. The molecule has 3 heteroatoms. The molecule has 6 rings (SSSR count). The maximum absolute atomic E-state index is 5.24. The maximum atomic E-state index is 5.24. The molecule has 2 unspecified atom stereocenters. The van der Waals surface area contributed by atoms with Crippen molar-refractivity contribution in [2.45, 2.75) is 18.3 Å². The van der Waals surface area contributed by atoms with Crippen LogP contribution in [0.5, 0.6) is 0 Å². The van der Waals surface area contributed by atoms with E-state index in [2.05, 4.69) is 82.8 Å². The summed E-state index contributed by atoms with van der Waals surface area (Å²) in [6.45, 7) is 0. The van der Waals surface area contributed by atoms with E-state index in [0.717, 1.165) is 23.3 Å². The van der Waals surface area contributed by atoms with E-state index in [4.69, 9.17) is 4.99 Å². The highest BCUT2D eigenvalue weighted by atomic mass is 14.8. The Kier molecular flexibility index (Phi) is 3.36. The van der Waals surface area contributed by atoms with Gasteiger partial charge in [0, 0.05) is 46.4 Å². The number of nitrogens with one attached hydrogen (secondary N) is 1. The molecule has 3 nitrogen and oxygen atoms in total. The van der Waals surface area contributed by atoms with Gasteiger partial charge in [0.2, 0.25) is 0 Å². The van der Waals surface area contributed by atoms with Crippen LogP contribution < -0.4 is 0 Å². The molecule has 0 saturated carbocycles. The van der Waals surface area contributed by atoms with Crippen LogP contribution in [0.1, 0.15) is 35.1 Å². The van der Waals surface area contributed by atoms with Crippen molar-refractivity contribution in [3.8, 4) is 0 Å². The first-order valence-corrected chi connectivity index (χ1v) is 9.75. The predicted octanol–water partition coefficient (Wildman–Crippen LogP) is 5.68. The van der Waals surface area contributed by atoms with E-state index in [0.29, 0.717) is 0 Å². The van der Waals surface area contributed by atoms with Crippen LogP contribution >= 0.6 is 0 Å². The summed E-state index contributed by atoms with van der Waals surface area (Å²) in [5.74, 6) is 0.414. The largest absolute Gasteiger partial charge is 0.354 e. The number of pyridine rings is 1. The number of fused-ring (bicyclic) bond motifs is 7. The molecule has 0 amide bonds. The number of H-pyrrole nitrogens is 1. The first-order valence-electron chi connectivity index (χ1n) is 9.75. The van der Waals surface area contributed by atoms with Crippen molar-refractivity contribution < 1.29 is 0 Å². The average molecular weight is 361 g/mol. The Labute approximate surface area is 163 Å². The highest BCUT2D eigenvalue weighted by Gasteiger charge is 2.34. The monoisotopic (exact) mass is 361 g/mol. The number of aromatic amines is 1.